The Morgan fingerprint density at radius 1 is 1.04 bits per heavy atom. The average Bonchev–Trinajstić information content (AvgIpc) is 2.74. The number of hydrogen-bond donors (Lipinski definition) is 2. The van der Waals surface area contributed by atoms with E-state index in [1.165, 1.54) is 30.7 Å². The van der Waals surface area contributed by atoms with Crippen LogP contribution in [-0.2, 0) is 17.9 Å². The van der Waals surface area contributed by atoms with Crippen LogP contribution in [0.3, 0.4) is 0 Å². The largest absolute Gasteiger partial charge is 0.493 e. The number of rotatable bonds is 10. The molecule has 5 nitrogen and oxygen atoms in total. The third kappa shape index (κ3) is 6.48. The van der Waals surface area contributed by atoms with Gasteiger partial charge in [0.15, 0.2) is 11.5 Å². The summed E-state index contributed by atoms with van der Waals surface area (Å²) in [5.74, 6) is 1.19. The molecule has 1 saturated heterocycles. The quantitative estimate of drug-likeness (QED) is 0.590. The monoisotopic (exact) mass is 390 g/mol. The van der Waals surface area contributed by atoms with Crippen molar-refractivity contribution in [3.05, 3.63) is 59.4 Å². The molecule has 0 saturated carbocycles. The zero-order valence-corrected chi connectivity index (χ0v) is 16.6. The number of methoxy groups -OCH3 is 1. The normalized spacial score (nSPS) is 14.8. The maximum absolute atomic E-state index is 13.0. The summed E-state index contributed by atoms with van der Waals surface area (Å²) in [6.45, 7) is 7.71. The van der Waals surface area contributed by atoms with E-state index in [-0.39, 0.29) is 5.82 Å². The first-order valence-electron chi connectivity index (χ1n) is 10.0. The van der Waals surface area contributed by atoms with Crippen LogP contribution in [0.1, 0.15) is 17.5 Å². The fourth-order valence-corrected chi connectivity index (χ4v) is 3.38. The number of morpholine rings is 1. The highest BCUT2D eigenvalue weighted by Crippen LogP contribution is 2.28. The van der Waals surface area contributed by atoms with Crippen LogP contribution in [0.15, 0.2) is 42.5 Å². The van der Waals surface area contributed by atoms with Crippen LogP contribution >= 0.6 is 0 Å². The molecule has 1 fully saturated rings. The first-order valence-corrected chi connectivity index (χ1v) is 10.0. The molecule has 28 heavy (non-hydrogen) atoms. The van der Waals surface area contributed by atoms with E-state index in [1.807, 2.05) is 12.1 Å². The van der Waals surface area contributed by atoms with Crippen LogP contribution in [0.4, 0.5) is 4.39 Å². The maximum atomic E-state index is 13.0. The van der Waals surface area contributed by atoms with Crippen LogP contribution in [0, 0.1) is 5.82 Å². The van der Waals surface area contributed by atoms with Gasteiger partial charge in [-0.1, -0.05) is 12.1 Å². The van der Waals surface area contributed by atoms with Gasteiger partial charge < -0.3 is 24.4 Å². The molecule has 0 unspecified atom stereocenters. The summed E-state index contributed by atoms with van der Waals surface area (Å²) in [6.07, 6.45) is 1.21. The van der Waals surface area contributed by atoms with Gasteiger partial charge in [0.25, 0.3) is 0 Å². The number of benzene rings is 2. The average molecular weight is 390 g/mol. The fourth-order valence-electron chi connectivity index (χ4n) is 3.38. The van der Waals surface area contributed by atoms with Gasteiger partial charge in [-0.05, 0) is 35.9 Å². The minimum Gasteiger partial charge on any atom is -0.493 e. The number of halogens is 1. The van der Waals surface area contributed by atoms with Crippen molar-refractivity contribution in [3.63, 3.8) is 0 Å². The van der Waals surface area contributed by atoms with E-state index >= 15 is 0 Å². The highest BCUT2D eigenvalue weighted by molar-refractivity contribution is 5.42. The van der Waals surface area contributed by atoms with Gasteiger partial charge in [0.2, 0.25) is 0 Å². The molecule has 6 heteroatoms. The zero-order valence-electron chi connectivity index (χ0n) is 16.6. The predicted octanol–water partition coefficient (Wildman–Crippen LogP) is 0.782. The summed E-state index contributed by atoms with van der Waals surface area (Å²) in [5, 5.41) is 2.34. The third-order valence-electron chi connectivity index (χ3n) is 5.05. The van der Waals surface area contributed by atoms with Crippen LogP contribution in [0.25, 0.3) is 0 Å². The molecular formula is C22H31FN2O3+2. The Balaban J connectivity index is 1.42. The van der Waals surface area contributed by atoms with Gasteiger partial charge >= 0.3 is 0 Å². The maximum Gasteiger partial charge on any atom is 0.161 e. The van der Waals surface area contributed by atoms with E-state index in [4.69, 9.17) is 14.2 Å². The summed E-state index contributed by atoms with van der Waals surface area (Å²) < 4.78 is 29.7. The molecule has 1 aliphatic rings. The SMILES string of the molecule is COc1cc(C[NH2+]CCC[NH+]2CCOCC2)ccc1OCc1ccc(F)cc1. The lowest BCUT2D eigenvalue weighted by Gasteiger charge is -2.23. The summed E-state index contributed by atoms with van der Waals surface area (Å²) in [7, 11) is 1.65. The van der Waals surface area contributed by atoms with Crippen LogP contribution < -0.4 is 19.7 Å². The first-order chi connectivity index (χ1) is 13.7. The second kappa shape index (κ2) is 11.0. The second-order valence-electron chi connectivity index (χ2n) is 7.15. The molecule has 0 aliphatic carbocycles. The van der Waals surface area contributed by atoms with Crippen LogP contribution in [-0.4, -0.2) is 46.5 Å². The molecule has 1 aliphatic heterocycles. The van der Waals surface area contributed by atoms with Crippen LogP contribution in [0.5, 0.6) is 11.5 Å². The molecule has 2 aromatic carbocycles. The van der Waals surface area contributed by atoms with Crippen molar-refractivity contribution in [1.29, 1.82) is 0 Å². The molecule has 152 valence electrons. The molecule has 3 N–H and O–H groups in total. The Bertz CT molecular complexity index is 718. The van der Waals surface area contributed by atoms with E-state index in [2.05, 4.69) is 11.4 Å². The summed E-state index contributed by atoms with van der Waals surface area (Å²) >= 11 is 0. The van der Waals surface area contributed by atoms with E-state index in [1.54, 1.807) is 24.1 Å². The van der Waals surface area contributed by atoms with Crippen molar-refractivity contribution in [2.45, 2.75) is 19.6 Å². The summed E-state index contributed by atoms with van der Waals surface area (Å²) in [5.41, 5.74) is 2.13. The lowest BCUT2D eigenvalue weighted by atomic mass is 10.2. The molecule has 0 amide bonds. The highest BCUT2D eigenvalue weighted by Gasteiger charge is 2.13. The molecule has 0 radical (unpaired) electrons. The fraction of sp³-hybridized carbons (Fsp3) is 0.455. The summed E-state index contributed by atoms with van der Waals surface area (Å²) in [6, 6.07) is 12.4. The predicted molar refractivity (Wildman–Crippen MR) is 105 cm³/mol. The van der Waals surface area contributed by atoms with Gasteiger partial charge in [-0.2, -0.15) is 0 Å². The summed E-state index contributed by atoms with van der Waals surface area (Å²) in [4.78, 5) is 1.66. The Morgan fingerprint density at radius 2 is 1.79 bits per heavy atom. The molecule has 2 aromatic rings. The van der Waals surface area contributed by atoms with E-state index in [0.29, 0.717) is 12.4 Å². The van der Waals surface area contributed by atoms with Gasteiger partial charge in [0.1, 0.15) is 32.1 Å². The Kier molecular flexibility index (Phi) is 8.08. The molecule has 0 spiro atoms. The van der Waals surface area contributed by atoms with Crippen molar-refractivity contribution >= 4 is 0 Å². The smallest absolute Gasteiger partial charge is 0.161 e. The van der Waals surface area contributed by atoms with E-state index in [0.717, 1.165) is 50.7 Å². The lowest BCUT2D eigenvalue weighted by molar-refractivity contribution is -0.909. The number of nitrogens with two attached hydrogens (primary N) is 1. The van der Waals surface area contributed by atoms with Gasteiger partial charge in [0.05, 0.1) is 33.4 Å². The minimum absolute atomic E-state index is 0.242. The zero-order chi connectivity index (χ0) is 19.6. The van der Waals surface area contributed by atoms with E-state index in [9.17, 15) is 4.39 Å². The minimum atomic E-state index is -0.242. The van der Waals surface area contributed by atoms with Crippen LogP contribution in [0.2, 0.25) is 0 Å². The van der Waals surface area contributed by atoms with Crippen molar-refractivity contribution in [2.24, 2.45) is 0 Å². The number of nitrogens with one attached hydrogen (secondary N) is 1. The van der Waals surface area contributed by atoms with Gasteiger partial charge in [-0.25, -0.2) is 4.39 Å². The van der Waals surface area contributed by atoms with Crippen molar-refractivity contribution in [2.75, 3.05) is 46.5 Å². The molecular weight excluding hydrogens is 359 g/mol. The number of hydrogen-bond acceptors (Lipinski definition) is 3. The topological polar surface area (TPSA) is 48.7 Å². The lowest BCUT2D eigenvalue weighted by Crippen LogP contribution is -3.14. The second-order valence-corrected chi connectivity index (χ2v) is 7.15. The van der Waals surface area contributed by atoms with Gasteiger partial charge in [-0.15, -0.1) is 0 Å². The van der Waals surface area contributed by atoms with E-state index < -0.39 is 0 Å². The van der Waals surface area contributed by atoms with Crippen molar-refractivity contribution < 1.29 is 28.8 Å². The van der Waals surface area contributed by atoms with Gasteiger partial charge in [0, 0.05) is 12.0 Å². The Morgan fingerprint density at radius 3 is 2.54 bits per heavy atom. The highest BCUT2D eigenvalue weighted by atomic mass is 19.1. The standard InChI is InChI=1S/C22H29FN2O3/c1-26-22-15-19(16-24-9-2-10-25-11-13-27-14-12-25)5-8-21(22)28-17-18-3-6-20(23)7-4-18/h3-8,15,24H,2,9-14,16-17H2,1H3/p+2. The molecule has 1 heterocycles. The molecule has 0 aromatic heterocycles. The van der Waals surface area contributed by atoms with Gasteiger partial charge in [-0.3, -0.25) is 0 Å². The number of ether oxygens (including phenoxy) is 3. The Hall–Kier alpha value is -2.15. The Labute approximate surface area is 166 Å². The third-order valence-corrected chi connectivity index (χ3v) is 5.05. The first kappa shape index (κ1) is 20.6. The van der Waals surface area contributed by atoms with Crippen molar-refractivity contribution in [3.8, 4) is 11.5 Å². The number of quaternary nitrogens is 2. The molecule has 0 bridgehead atoms. The molecule has 0 atom stereocenters. The molecule has 3 rings (SSSR count). The van der Waals surface area contributed by atoms with Crippen molar-refractivity contribution in [1.82, 2.24) is 0 Å².